The number of urea groups is 1. The molecule has 9 nitrogen and oxygen atoms in total. The highest BCUT2D eigenvalue weighted by Crippen LogP contribution is 2.41. The number of anilines is 1. The van der Waals surface area contributed by atoms with E-state index in [1.165, 1.54) is 4.90 Å². The van der Waals surface area contributed by atoms with Crippen molar-refractivity contribution in [1.82, 2.24) is 15.1 Å². The number of nitrogens with one attached hydrogen (secondary N) is 1. The van der Waals surface area contributed by atoms with Crippen LogP contribution in [0.2, 0.25) is 0 Å². The van der Waals surface area contributed by atoms with Gasteiger partial charge in [-0.05, 0) is 70.1 Å². The van der Waals surface area contributed by atoms with Crippen molar-refractivity contribution in [3.05, 3.63) is 29.8 Å². The first kappa shape index (κ1) is 24.0. The Kier molecular flexibility index (Phi) is 6.55. The van der Waals surface area contributed by atoms with Crippen LogP contribution in [0.1, 0.15) is 63.2 Å². The standard InChI is InChI=1S/C25H34N4O5/c1-24(2,3)34-23(33)28-15-10-25(11-16-28)8-13-27(14-9-25)21(31)18-5-4-6-19(17-18)29-12-7-20(30)26-22(29)32/h4-6,17H,7-16H2,1-3H3,(H,26,30,32). The second-order valence-electron chi connectivity index (χ2n) is 10.6. The summed E-state index contributed by atoms with van der Waals surface area (Å²) in [5.41, 5.74) is 0.816. The summed E-state index contributed by atoms with van der Waals surface area (Å²) in [6.07, 6.45) is 3.67. The molecule has 3 saturated heterocycles. The van der Waals surface area contributed by atoms with E-state index < -0.39 is 11.6 Å². The van der Waals surface area contributed by atoms with Crippen LogP contribution in [0, 0.1) is 5.41 Å². The summed E-state index contributed by atoms with van der Waals surface area (Å²) in [6.45, 7) is 8.65. The van der Waals surface area contributed by atoms with Crippen LogP contribution >= 0.6 is 0 Å². The van der Waals surface area contributed by atoms with Crippen molar-refractivity contribution in [3.8, 4) is 0 Å². The van der Waals surface area contributed by atoms with E-state index in [0.29, 0.717) is 44.0 Å². The van der Waals surface area contributed by atoms with Gasteiger partial charge in [-0.25, -0.2) is 9.59 Å². The lowest BCUT2D eigenvalue weighted by Crippen LogP contribution is -2.50. The van der Waals surface area contributed by atoms with Crippen molar-refractivity contribution >= 4 is 29.6 Å². The Balaban J connectivity index is 1.33. The van der Waals surface area contributed by atoms with Crippen LogP contribution in [-0.2, 0) is 9.53 Å². The summed E-state index contributed by atoms with van der Waals surface area (Å²) in [6, 6.07) is 6.57. The number of hydrogen-bond donors (Lipinski definition) is 1. The average Bonchev–Trinajstić information content (AvgIpc) is 2.78. The molecule has 1 N–H and O–H groups in total. The Hall–Kier alpha value is -3.10. The maximum Gasteiger partial charge on any atom is 0.410 e. The third-order valence-electron chi connectivity index (χ3n) is 7.05. The maximum atomic E-state index is 13.2. The molecule has 0 radical (unpaired) electrons. The number of nitrogens with zero attached hydrogens (tertiary/aromatic N) is 3. The van der Waals surface area contributed by atoms with Gasteiger partial charge in [-0.2, -0.15) is 0 Å². The highest BCUT2D eigenvalue weighted by atomic mass is 16.6. The first-order chi connectivity index (χ1) is 16.1. The van der Waals surface area contributed by atoms with E-state index in [1.807, 2.05) is 25.7 Å². The van der Waals surface area contributed by atoms with Gasteiger partial charge < -0.3 is 14.5 Å². The third-order valence-corrected chi connectivity index (χ3v) is 7.05. The van der Waals surface area contributed by atoms with Crippen LogP contribution in [0.3, 0.4) is 0 Å². The van der Waals surface area contributed by atoms with Crippen LogP contribution in [0.4, 0.5) is 15.3 Å². The zero-order chi connectivity index (χ0) is 24.5. The van der Waals surface area contributed by atoms with Gasteiger partial charge >= 0.3 is 12.1 Å². The fourth-order valence-corrected chi connectivity index (χ4v) is 4.97. The SMILES string of the molecule is CC(C)(C)OC(=O)N1CCC2(CC1)CCN(C(=O)c1cccc(N3CCC(=O)NC3=O)c1)CC2. The fourth-order valence-electron chi connectivity index (χ4n) is 4.97. The molecule has 1 aromatic rings. The quantitative estimate of drug-likeness (QED) is 0.714. The lowest BCUT2D eigenvalue weighted by Gasteiger charge is -2.46. The van der Waals surface area contributed by atoms with Gasteiger partial charge in [0.05, 0.1) is 0 Å². The number of hydrogen-bond acceptors (Lipinski definition) is 5. The molecule has 0 saturated carbocycles. The smallest absolute Gasteiger partial charge is 0.410 e. The van der Waals surface area contributed by atoms with Gasteiger partial charge in [-0.3, -0.25) is 19.8 Å². The third kappa shape index (κ3) is 5.34. The first-order valence-electron chi connectivity index (χ1n) is 12.0. The zero-order valence-corrected chi connectivity index (χ0v) is 20.3. The minimum atomic E-state index is -0.496. The molecule has 5 amide bonds. The van der Waals surface area contributed by atoms with Crippen LogP contribution in [0.5, 0.6) is 0 Å². The lowest BCUT2D eigenvalue weighted by molar-refractivity contribution is -0.120. The Morgan fingerprint density at radius 3 is 2.15 bits per heavy atom. The molecule has 1 aromatic carbocycles. The van der Waals surface area contributed by atoms with Crippen LogP contribution in [0.25, 0.3) is 0 Å². The van der Waals surface area contributed by atoms with Crippen molar-refractivity contribution in [2.45, 2.75) is 58.5 Å². The molecule has 3 aliphatic heterocycles. The first-order valence-corrected chi connectivity index (χ1v) is 12.0. The zero-order valence-electron chi connectivity index (χ0n) is 20.3. The molecule has 0 atom stereocenters. The van der Waals surface area contributed by atoms with Gasteiger partial charge in [-0.1, -0.05) is 6.07 Å². The number of likely N-dealkylation sites (tertiary alicyclic amines) is 2. The van der Waals surface area contributed by atoms with Gasteiger partial charge in [-0.15, -0.1) is 0 Å². The number of benzene rings is 1. The largest absolute Gasteiger partial charge is 0.444 e. The Morgan fingerprint density at radius 1 is 0.941 bits per heavy atom. The summed E-state index contributed by atoms with van der Waals surface area (Å²) in [5, 5.41) is 2.31. The minimum absolute atomic E-state index is 0.0450. The average molecular weight is 471 g/mol. The summed E-state index contributed by atoms with van der Waals surface area (Å²) < 4.78 is 5.50. The molecule has 0 aromatic heterocycles. The van der Waals surface area contributed by atoms with E-state index in [4.69, 9.17) is 4.74 Å². The number of ether oxygens (including phenoxy) is 1. The highest BCUT2D eigenvalue weighted by molar-refractivity contribution is 6.06. The van der Waals surface area contributed by atoms with Crippen LogP contribution < -0.4 is 10.2 Å². The van der Waals surface area contributed by atoms with Crippen molar-refractivity contribution in [1.29, 1.82) is 0 Å². The van der Waals surface area contributed by atoms with E-state index in [0.717, 1.165) is 25.7 Å². The number of rotatable bonds is 2. The summed E-state index contributed by atoms with van der Waals surface area (Å²) in [4.78, 5) is 54.3. The summed E-state index contributed by atoms with van der Waals surface area (Å²) in [7, 11) is 0. The van der Waals surface area contributed by atoms with Crippen molar-refractivity contribution in [2.24, 2.45) is 5.41 Å². The Labute approximate surface area is 200 Å². The van der Waals surface area contributed by atoms with Crippen molar-refractivity contribution < 1.29 is 23.9 Å². The molecule has 34 heavy (non-hydrogen) atoms. The van der Waals surface area contributed by atoms with E-state index in [-0.39, 0.29) is 29.7 Å². The van der Waals surface area contributed by atoms with E-state index in [9.17, 15) is 19.2 Å². The minimum Gasteiger partial charge on any atom is -0.444 e. The van der Waals surface area contributed by atoms with Gasteiger partial charge in [0.15, 0.2) is 0 Å². The highest BCUT2D eigenvalue weighted by Gasteiger charge is 2.40. The predicted octanol–water partition coefficient (Wildman–Crippen LogP) is 3.39. The van der Waals surface area contributed by atoms with Gasteiger partial charge in [0.1, 0.15) is 5.60 Å². The topological polar surface area (TPSA) is 99.3 Å². The van der Waals surface area contributed by atoms with Crippen molar-refractivity contribution in [2.75, 3.05) is 37.6 Å². The number of carbonyl (C=O) groups is 4. The van der Waals surface area contributed by atoms with Crippen LogP contribution in [-0.4, -0.2) is 72.1 Å². The number of piperidine rings is 2. The monoisotopic (exact) mass is 470 g/mol. The molecule has 3 fully saturated rings. The number of imide groups is 1. The second-order valence-corrected chi connectivity index (χ2v) is 10.6. The molecule has 0 aliphatic carbocycles. The molecule has 3 aliphatic rings. The second kappa shape index (κ2) is 9.27. The van der Waals surface area contributed by atoms with Gasteiger partial charge in [0.2, 0.25) is 5.91 Å². The number of carbonyl (C=O) groups excluding carboxylic acids is 4. The summed E-state index contributed by atoms with van der Waals surface area (Å²) >= 11 is 0. The van der Waals surface area contributed by atoms with Crippen molar-refractivity contribution in [3.63, 3.8) is 0 Å². The van der Waals surface area contributed by atoms with Gasteiger partial charge in [0, 0.05) is 50.4 Å². The van der Waals surface area contributed by atoms with Crippen LogP contribution in [0.15, 0.2) is 24.3 Å². The Bertz CT molecular complexity index is 968. The Morgan fingerprint density at radius 2 is 1.56 bits per heavy atom. The molecule has 0 unspecified atom stereocenters. The summed E-state index contributed by atoms with van der Waals surface area (Å²) in [5.74, 6) is -0.330. The molecule has 1 spiro atoms. The fraction of sp³-hybridized carbons (Fsp3) is 0.600. The maximum absolute atomic E-state index is 13.2. The van der Waals surface area contributed by atoms with E-state index in [2.05, 4.69) is 5.32 Å². The van der Waals surface area contributed by atoms with E-state index in [1.54, 1.807) is 29.2 Å². The molecule has 4 rings (SSSR count). The predicted molar refractivity (Wildman–Crippen MR) is 127 cm³/mol. The normalized spacial score (nSPS) is 20.9. The molecule has 184 valence electrons. The molecule has 9 heteroatoms. The molecular formula is C25H34N4O5. The van der Waals surface area contributed by atoms with Gasteiger partial charge in [0.25, 0.3) is 5.91 Å². The molecule has 3 heterocycles. The van der Waals surface area contributed by atoms with E-state index >= 15 is 0 Å². The molecule has 0 bridgehead atoms. The number of amides is 5. The molecular weight excluding hydrogens is 436 g/mol. The lowest BCUT2D eigenvalue weighted by atomic mass is 9.71.